The maximum atomic E-state index is 9.56. The second-order valence-corrected chi connectivity index (χ2v) is 5.60. The molecule has 1 aromatic carbocycles. The van der Waals surface area contributed by atoms with E-state index in [0.717, 1.165) is 42.5 Å². The SMILES string of the molecule is COc1cc2ncc(N[C@H]3CC[C@@H](O)CC3)nc2cc1OC. The van der Waals surface area contributed by atoms with Crippen LogP contribution in [0.1, 0.15) is 25.7 Å². The highest BCUT2D eigenvalue weighted by molar-refractivity contribution is 5.80. The van der Waals surface area contributed by atoms with Gasteiger partial charge in [-0.1, -0.05) is 0 Å². The van der Waals surface area contributed by atoms with Crippen LogP contribution in [-0.2, 0) is 0 Å². The van der Waals surface area contributed by atoms with Crippen molar-refractivity contribution in [2.24, 2.45) is 0 Å². The van der Waals surface area contributed by atoms with Crippen molar-refractivity contribution in [1.82, 2.24) is 9.97 Å². The third kappa shape index (κ3) is 3.06. The van der Waals surface area contributed by atoms with Crippen LogP contribution < -0.4 is 14.8 Å². The summed E-state index contributed by atoms with van der Waals surface area (Å²) in [5, 5.41) is 13.0. The number of ether oxygens (including phenoxy) is 2. The van der Waals surface area contributed by atoms with Crippen LogP contribution >= 0.6 is 0 Å². The van der Waals surface area contributed by atoms with Crippen molar-refractivity contribution in [1.29, 1.82) is 0 Å². The first-order valence-corrected chi connectivity index (χ1v) is 7.53. The highest BCUT2D eigenvalue weighted by atomic mass is 16.5. The van der Waals surface area contributed by atoms with Gasteiger partial charge in [-0.05, 0) is 25.7 Å². The molecule has 118 valence electrons. The molecule has 6 nitrogen and oxygen atoms in total. The molecule has 1 aromatic heterocycles. The monoisotopic (exact) mass is 303 g/mol. The molecule has 1 heterocycles. The topological polar surface area (TPSA) is 76.5 Å². The molecule has 22 heavy (non-hydrogen) atoms. The fourth-order valence-electron chi connectivity index (χ4n) is 2.84. The van der Waals surface area contributed by atoms with Gasteiger partial charge in [0.1, 0.15) is 5.82 Å². The van der Waals surface area contributed by atoms with Gasteiger partial charge in [-0.2, -0.15) is 0 Å². The smallest absolute Gasteiger partial charge is 0.163 e. The zero-order valence-corrected chi connectivity index (χ0v) is 12.9. The summed E-state index contributed by atoms with van der Waals surface area (Å²) >= 11 is 0. The number of nitrogens with zero attached hydrogens (tertiary/aromatic N) is 2. The summed E-state index contributed by atoms with van der Waals surface area (Å²) in [4.78, 5) is 9.04. The molecular weight excluding hydrogens is 282 g/mol. The van der Waals surface area contributed by atoms with E-state index in [0.29, 0.717) is 17.5 Å². The van der Waals surface area contributed by atoms with Gasteiger partial charge in [0, 0.05) is 18.2 Å². The number of rotatable bonds is 4. The number of aromatic nitrogens is 2. The van der Waals surface area contributed by atoms with Crippen molar-refractivity contribution in [3.8, 4) is 11.5 Å². The largest absolute Gasteiger partial charge is 0.493 e. The molecule has 1 aliphatic rings. The maximum Gasteiger partial charge on any atom is 0.163 e. The summed E-state index contributed by atoms with van der Waals surface area (Å²) in [5.74, 6) is 2.04. The van der Waals surface area contributed by atoms with Crippen molar-refractivity contribution in [2.45, 2.75) is 37.8 Å². The van der Waals surface area contributed by atoms with Crippen molar-refractivity contribution >= 4 is 16.9 Å². The van der Waals surface area contributed by atoms with Gasteiger partial charge < -0.3 is 19.9 Å². The first-order chi connectivity index (χ1) is 10.7. The number of anilines is 1. The van der Waals surface area contributed by atoms with Gasteiger partial charge in [0.25, 0.3) is 0 Å². The summed E-state index contributed by atoms with van der Waals surface area (Å²) in [6, 6.07) is 3.99. The van der Waals surface area contributed by atoms with E-state index in [1.54, 1.807) is 20.4 Å². The predicted molar refractivity (Wildman–Crippen MR) is 84.5 cm³/mol. The van der Waals surface area contributed by atoms with Crippen molar-refractivity contribution in [3.63, 3.8) is 0 Å². The number of benzene rings is 1. The lowest BCUT2D eigenvalue weighted by molar-refractivity contribution is 0.126. The predicted octanol–water partition coefficient (Wildman–Crippen LogP) is 2.36. The van der Waals surface area contributed by atoms with Crippen LogP contribution in [0.15, 0.2) is 18.3 Å². The Kier molecular flexibility index (Phi) is 4.29. The van der Waals surface area contributed by atoms with Crippen LogP contribution in [0.25, 0.3) is 11.0 Å². The van der Waals surface area contributed by atoms with E-state index < -0.39 is 0 Å². The molecule has 0 saturated heterocycles. The Balaban J connectivity index is 1.83. The minimum atomic E-state index is -0.155. The first-order valence-electron chi connectivity index (χ1n) is 7.53. The second-order valence-electron chi connectivity index (χ2n) is 5.60. The lowest BCUT2D eigenvalue weighted by atomic mass is 9.93. The number of aliphatic hydroxyl groups excluding tert-OH is 1. The highest BCUT2D eigenvalue weighted by Gasteiger charge is 2.19. The Morgan fingerprint density at radius 2 is 1.68 bits per heavy atom. The molecule has 0 bridgehead atoms. The van der Waals surface area contributed by atoms with E-state index in [1.165, 1.54) is 0 Å². The van der Waals surface area contributed by atoms with E-state index >= 15 is 0 Å². The zero-order valence-electron chi connectivity index (χ0n) is 12.9. The Bertz CT molecular complexity index is 654. The zero-order chi connectivity index (χ0) is 15.5. The van der Waals surface area contributed by atoms with E-state index in [2.05, 4.69) is 15.3 Å². The van der Waals surface area contributed by atoms with E-state index in [9.17, 15) is 5.11 Å². The normalized spacial score (nSPS) is 21.6. The number of methoxy groups -OCH3 is 2. The molecule has 1 aliphatic carbocycles. The third-order valence-electron chi connectivity index (χ3n) is 4.10. The second kappa shape index (κ2) is 6.36. The van der Waals surface area contributed by atoms with Gasteiger partial charge in [0.15, 0.2) is 11.5 Å². The molecule has 0 atom stereocenters. The molecule has 1 fully saturated rings. The number of aliphatic hydroxyl groups is 1. The lowest BCUT2D eigenvalue weighted by Crippen LogP contribution is -2.28. The van der Waals surface area contributed by atoms with Crippen molar-refractivity contribution < 1.29 is 14.6 Å². The minimum Gasteiger partial charge on any atom is -0.493 e. The van der Waals surface area contributed by atoms with Crippen molar-refractivity contribution in [3.05, 3.63) is 18.3 Å². The molecule has 0 unspecified atom stereocenters. The number of hydrogen-bond acceptors (Lipinski definition) is 6. The quantitative estimate of drug-likeness (QED) is 0.903. The minimum absolute atomic E-state index is 0.155. The van der Waals surface area contributed by atoms with Crippen LogP contribution in [0.3, 0.4) is 0 Å². The van der Waals surface area contributed by atoms with Gasteiger partial charge >= 0.3 is 0 Å². The molecule has 2 N–H and O–H groups in total. The Labute approximate surface area is 129 Å². The van der Waals surface area contributed by atoms with Gasteiger partial charge in [0.05, 0.1) is 37.6 Å². The fourth-order valence-corrected chi connectivity index (χ4v) is 2.84. The summed E-state index contributed by atoms with van der Waals surface area (Å²) in [5.41, 5.74) is 1.53. The molecule has 0 radical (unpaired) electrons. The molecule has 0 amide bonds. The van der Waals surface area contributed by atoms with E-state index in [-0.39, 0.29) is 6.10 Å². The Hall–Kier alpha value is -2.08. The molecular formula is C16H21N3O3. The van der Waals surface area contributed by atoms with E-state index in [4.69, 9.17) is 9.47 Å². The summed E-state index contributed by atoms with van der Waals surface area (Å²) in [7, 11) is 3.21. The average Bonchev–Trinajstić information content (AvgIpc) is 2.55. The Morgan fingerprint density at radius 3 is 2.32 bits per heavy atom. The summed E-state index contributed by atoms with van der Waals surface area (Å²) in [6.45, 7) is 0. The van der Waals surface area contributed by atoms with Gasteiger partial charge in [-0.25, -0.2) is 4.98 Å². The van der Waals surface area contributed by atoms with Crippen molar-refractivity contribution in [2.75, 3.05) is 19.5 Å². The van der Waals surface area contributed by atoms with Gasteiger partial charge in [-0.3, -0.25) is 4.98 Å². The van der Waals surface area contributed by atoms with Crippen LogP contribution in [0.5, 0.6) is 11.5 Å². The first kappa shape index (κ1) is 14.8. The molecule has 6 heteroatoms. The number of hydrogen-bond donors (Lipinski definition) is 2. The van der Waals surface area contributed by atoms with Gasteiger partial charge in [0.2, 0.25) is 0 Å². The van der Waals surface area contributed by atoms with Crippen LogP contribution in [-0.4, -0.2) is 41.4 Å². The summed E-state index contributed by atoms with van der Waals surface area (Å²) < 4.78 is 10.6. The Morgan fingerprint density at radius 1 is 1.05 bits per heavy atom. The molecule has 3 rings (SSSR count). The molecule has 1 saturated carbocycles. The van der Waals surface area contributed by atoms with Gasteiger partial charge in [-0.15, -0.1) is 0 Å². The molecule has 2 aromatic rings. The number of nitrogens with one attached hydrogen (secondary N) is 1. The van der Waals surface area contributed by atoms with Crippen LogP contribution in [0.2, 0.25) is 0 Å². The number of fused-ring (bicyclic) bond motifs is 1. The lowest BCUT2D eigenvalue weighted by Gasteiger charge is -2.26. The molecule has 0 aliphatic heterocycles. The van der Waals surface area contributed by atoms with Crippen LogP contribution in [0.4, 0.5) is 5.82 Å². The van der Waals surface area contributed by atoms with Crippen LogP contribution in [0, 0.1) is 0 Å². The highest BCUT2D eigenvalue weighted by Crippen LogP contribution is 2.31. The maximum absolute atomic E-state index is 9.56. The standard InChI is InChI=1S/C16H21N3O3/c1-21-14-7-12-13(8-15(14)22-2)19-16(9-17-12)18-10-3-5-11(20)6-4-10/h7-11,20H,3-6H2,1-2H3,(H,18,19)/t10-,11+. The van der Waals surface area contributed by atoms with E-state index in [1.807, 2.05) is 12.1 Å². The summed E-state index contributed by atoms with van der Waals surface area (Å²) in [6.07, 6.45) is 5.16. The molecule has 0 spiro atoms. The third-order valence-corrected chi connectivity index (χ3v) is 4.10. The fraction of sp³-hybridized carbons (Fsp3) is 0.500. The average molecular weight is 303 g/mol.